The number of hydrogen-bond acceptors (Lipinski definition) is 6. The van der Waals surface area contributed by atoms with Crippen LogP contribution in [0.4, 0.5) is 5.88 Å². The van der Waals surface area contributed by atoms with Crippen molar-refractivity contribution in [3.63, 3.8) is 0 Å². The standard InChI is InChI=1S/C7H3N3O5/c8-4-5(9(11)12)3-6-1-2-7(15-6)10(13)14/h1-3H. The molecule has 0 radical (unpaired) electrons. The molecule has 0 aliphatic rings. The summed E-state index contributed by atoms with van der Waals surface area (Å²) >= 11 is 0. The summed E-state index contributed by atoms with van der Waals surface area (Å²) in [5, 5.41) is 28.7. The first-order chi connectivity index (χ1) is 7.04. The topological polar surface area (TPSA) is 123 Å². The first-order valence-corrected chi connectivity index (χ1v) is 3.55. The summed E-state index contributed by atoms with van der Waals surface area (Å²) in [5.41, 5.74) is -0.751. The highest BCUT2D eigenvalue weighted by molar-refractivity contribution is 5.50. The van der Waals surface area contributed by atoms with Gasteiger partial charge in [0.05, 0.1) is 17.1 Å². The Hall–Kier alpha value is -2.69. The van der Waals surface area contributed by atoms with Gasteiger partial charge in [-0.2, -0.15) is 5.26 Å². The summed E-state index contributed by atoms with van der Waals surface area (Å²) in [5.74, 6) is -0.656. The molecule has 1 heterocycles. The van der Waals surface area contributed by atoms with Crippen molar-refractivity contribution in [3.8, 4) is 6.07 Å². The van der Waals surface area contributed by atoms with Crippen LogP contribution < -0.4 is 0 Å². The zero-order valence-electron chi connectivity index (χ0n) is 7.11. The van der Waals surface area contributed by atoms with E-state index in [-0.39, 0.29) is 5.76 Å². The van der Waals surface area contributed by atoms with E-state index in [1.165, 1.54) is 12.1 Å². The van der Waals surface area contributed by atoms with Crippen LogP contribution >= 0.6 is 0 Å². The predicted molar refractivity (Wildman–Crippen MR) is 45.9 cm³/mol. The molecule has 0 saturated heterocycles. The molecule has 8 heteroatoms. The summed E-state index contributed by atoms with van der Waals surface area (Å²) in [4.78, 5) is 18.7. The number of rotatable bonds is 3. The Morgan fingerprint density at radius 3 is 2.53 bits per heavy atom. The van der Waals surface area contributed by atoms with Gasteiger partial charge < -0.3 is 4.42 Å². The molecule has 1 aromatic rings. The highest BCUT2D eigenvalue weighted by Crippen LogP contribution is 2.17. The van der Waals surface area contributed by atoms with Crippen molar-refractivity contribution < 1.29 is 14.3 Å². The Morgan fingerprint density at radius 2 is 2.13 bits per heavy atom. The lowest BCUT2D eigenvalue weighted by molar-refractivity contribution is -0.416. The molecule has 0 unspecified atom stereocenters. The second-order valence-corrected chi connectivity index (χ2v) is 2.33. The van der Waals surface area contributed by atoms with Gasteiger partial charge in [0, 0.05) is 0 Å². The van der Waals surface area contributed by atoms with Crippen molar-refractivity contribution in [2.75, 3.05) is 0 Å². The molecule has 1 aromatic heterocycles. The summed E-state index contributed by atoms with van der Waals surface area (Å²) in [6.07, 6.45) is 0.812. The SMILES string of the molecule is N#CC(=Cc1ccc([N+](=O)[O-])o1)[N+](=O)[O-]. The summed E-state index contributed by atoms with van der Waals surface area (Å²) in [6.45, 7) is 0. The maximum absolute atomic E-state index is 10.2. The fraction of sp³-hybridized carbons (Fsp3) is 0. The molecule has 0 N–H and O–H groups in total. The number of allylic oxidation sites excluding steroid dienone is 1. The van der Waals surface area contributed by atoms with E-state index < -0.39 is 21.4 Å². The zero-order chi connectivity index (χ0) is 11.4. The van der Waals surface area contributed by atoms with Crippen LogP contribution in [0.5, 0.6) is 0 Å². The molecule has 0 amide bonds. The maximum atomic E-state index is 10.2. The molecular formula is C7H3N3O5. The minimum Gasteiger partial charge on any atom is -0.401 e. The monoisotopic (exact) mass is 209 g/mol. The number of furan rings is 1. The normalized spacial score (nSPS) is 10.7. The van der Waals surface area contributed by atoms with E-state index in [0.717, 1.165) is 12.1 Å². The lowest BCUT2D eigenvalue weighted by Gasteiger charge is -1.85. The van der Waals surface area contributed by atoms with Gasteiger partial charge in [-0.3, -0.25) is 20.2 Å². The van der Waals surface area contributed by atoms with Crippen molar-refractivity contribution in [1.29, 1.82) is 5.26 Å². The van der Waals surface area contributed by atoms with Gasteiger partial charge in [-0.15, -0.1) is 0 Å². The fourth-order valence-electron chi connectivity index (χ4n) is 0.778. The quantitative estimate of drug-likeness (QED) is 0.420. The first-order valence-electron chi connectivity index (χ1n) is 3.55. The Labute approximate surface area is 82.3 Å². The number of nitrogens with zero attached hydrogens (tertiary/aromatic N) is 3. The average molecular weight is 209 g/mol. The van der Waals surface area contributed by atoms with Crippen molar-refractivity contribution in [3.05, 3.63) is 43.8 Å². The van der Waals surface area contributed by atoms with E-state index in [1.54, 1.807) is 0 Å². The summed E-state index contributed by atoms with van der Waals surface area (Å²) in [6, 6.07) is 3.53. The van der Waals surface area contributed by atoms with E-state index in [0.29, 0.717) is 0 Å². The van der Waals surface area contributed by atoms with Gasteiger partial charge >= 0.3 is 11.6 Å². The molecule has 0 spiro atoms. The average Bonchev–Trinajstić information content (AvgIpc) is 2.61. The number of nitriles is 1. The van der Waals surface area contributed by atoms with Crippen LogP contribution in [0.1, 0.15) is 5.76 Å². The minimum absolute atomic E-state index is 0.116. The second-order valence-electron chi connectivity index (χ2n) is 2.33. The lowest BCUT2D eigenvalue weighted by Crippen LogP contribution is -1.94. The van der Waals surface area contributed by atoms with Crippen LogP contribution in [-0.4, -0.2) is 9.85 Å². The molecule has 8 nitrogen and oxygen atoms in total. The van der Waals surface area contributed by atoms with Gasteiger partial charge in [-0.1, -0.05) is 0 Å². The van der Waals surface area contributed by atoms with Crippen molar-refractivity contribution in [1.82, 2.24) is 0 Å². The van der Waals surface area contributed by atoms with Gasteiger partial charge in [0.15, 0.2) is 6.07 Å². The van der Waals surface area contributed by atoms with Crippen molar-refractivity contribution in [2.24, 2.45) is 0 Å². The first kappa shape index (κ1) is 10.4. The molecule has 0 fully saturated rings. The van der Waals surface area contributed by atoms with Crippen LogP contribution in [0.2, 0.25) is 0 Å². The second kappa shape index (κ2) is 4.01. The highest BCUT2D eigenvalue weighted by Gasteiger charge is 2.14. The third-order valence-electron chi connectivity index (χ3n) is 1.38. The van der Waals surface area contributed by atoms with E-state index in [2.05, 4.69) is 4.42 Å². The van der Waals surface area contributed by atoms with Crippen LogP contribution in [-0.2, 0) is 0 Å². The highest BCUT2D eigenvalue weighted by atomic mass is 16.6. The van der Waals surface area contributed by atoms with Gasteiger partial charge in [-0.25, -0.2) is 0 Å². The number of nitro groups is 2. The molecular weight excluding hydrogens is 206 g/mol. The van der Waals surface area contributed by atoms with Gasteiger partial charge in [0.2, 0.25) is 0 Å². The van der Waals surface area contributed by atoms with E-state index in [9.17, 15) is 20.2 Å². The van der Waals surface area contributed by atoms with Crippen LogP contribution in [0.3, 0.4) is 0 Å². The molecule has 0 aromatic carbocycles. The van der Waals surface area contributed by atoms with Gasteiger partial charge in [0.25, 0.3) is 0 Å². The van der Waals surface area contributed by atoms with Gasteiger partial charge in [-0.05, 0) is 6.07 Å². The van der Waals surface area contributed by atoms with Crippen molar-refractivity contribution >= 4 is 12.0 Å². The van der Waals surface area contributed by atoms with Crippen LogP contribution in [0.25, 0.3) is 6.08 Å². The maximum Gasteiger partial charge on any atom is 0.433 e. The Bertz CT molecular complexity index is 481. The Balaban J connectivity index is 3.04. The molecule has 0 aliphatic carbocycles. The fourth-order valence-corrected chi connectivity index (χ4v) is 0.778. The minimum atomic E-state index is -0.908. The van der Waals surface area contributed by atoms with E-state index in [4.69, 9.17) is 5.26 Å². The predicted octanol–water partition coefficient (Wildman–Crippen LogP) is 1.33. The summed E-state index contributed by atoms with van der Waals surface area (Å²) < 4.78 is 4.60. The molecule has 76 valence electrons. The smallest absolute Gasteiger partial charge is 0.401 e. The molecule has 0 bridgehead atoms. The Kier molecular flexibility index (Phi) is 2.78. The Morgan fingerprint density at radius 1 is 1.47 bits per heavy atom. The van der Waals surface area contributed by atoms with E-state index >= 15 is 0 Å². The molecule has 1 rings (SSSR count). The number of hydrogen-bond donors (Lipinski definition) is 0. The third-order valence-corrected chi connectivity index (χ3v) is 1.38. The largest absolute Gasteiger partial charge is 0.433 e. The summed E-state index contributed by atoms with van der Waals surface area (Å²) in [7, 11) is 0. The lowest BCUT2D eigenvalue weighted by atomic mass is 10.3. The van der Waals surface area contributed by atoms with Gasteiger partial charge in [0.1, 0.15) is 10.7 Å². The molecule has 0 saturated carbocycles. The van der Waals surface area contributed by atoms with Crippen LogP contribution in [0.15, 0.2) is 22.2 Å². The van der Waals surface area contributed by atoms with E-state index in [1.807, 2.05) is 0 Å². The van der Waals surface area contributed by atoms with Crippen molar-refractivity contribution in [2.45, 2.75) is 0 Å². The molecule has 0 aliphatic heterocycles. The molecule has 15 heavy (non-hydrogen) atoms. The van der Waals surface area contributed by atoms with Crippen LogP contribution in [0, 0.1) is 31.6 Å². The molecule has 0 atom stereocenters. The zero-order valence-corrected chi connectivity index (χ0v) is 7.11. The third kappa shape index (κ3) is 2.38.